The van der Waals surface area contributed by atoms with Crippen LogP contribution in [-0.4, -0.2) is 20.1 Å². The van der Waals surface area contributed by atoms with Crippen molar-refractivity contribution < 1.29 is 4.39 Å². The van der Waals surface area contributed by atoms with E-state index in [0.717, 1.165) is 18.8 Å². The third-order valence-corrected chi connectivity index (χ3v) is 2.34. The van der Waals surface area contributed by atoms with Crippen LogP contribution in [0.3, 0.4) is 0 Å². The molecule has 0 atom stereocenters. The van der Waals surface area contributed by atoms with Crippen molar-refractivity contribution in [2.75, 3.05) is 30.4 Å². The van der Waals surface area contributed by atoms with Crippen LogP contribution in [0.2, 0.25) is 0 Å². The highest BCUT2D eigenvalue weighted by molar-refractivity contribution is 5.56. The van der Waals surface area contributed by atoms with E-state index in [1.54, 1.807) is 7.05 Å². The molecule has 0 aromatic heterocycles. The second-order valence-corrected chi connectivity index (χ2v) is 3.09. The molecule has 0 saturated carbocycles. The number of hydrogen-bond acceptors (Lipinski definition) is 2. The van der Waals surface area contributed by atoms with Gasteiger partial charge >= 0.3 is 0 Å². The first kappa shape index (κ1) is 10.8. The maximum Gasteiger partial charge on any atom is 0.148 e. The number of anilines is 2. The van der Waals surface area contributed by atoms with Crippen LogP contribution < -0.4 is 10.2 Å². The number of rotatable bonds is 4. The van der Waals surface area contributed by atoms with Gasteiger partial charge in [-0.1, -0.05) is 0 Å². The summed E-state index contributed by atoms with van der Waals surface area (Å²) in [6.45, 7) is 5.70. The zero-order chi connectivity index (χ0) is 10.6. The molecule has 78 valence electrons. The van der Waals surface area contributed by atoms with Gasteiger partial charge in [0.05, 0.1) is 5.69 Å². The first-order chi connectivity index (χ1) is 6.72. The van der Waals surface area contributed by atoms with Gasteiger partial charge in [0.25, 0.3) is 0 Å². The molecule has 3 heteroatoms. The molecule has 1 aromatic rings. The molecule has 14 heavy (non-hydrogen) atoms. The Hall–Kier alpha value is -1.25. The molecule has 0 spiro atoms. The number of nitrogens with zero attached hydrogens (tertiary/aromatic N) is 1. The van der Waals surface area contributed by atoms with Gasteiger partial charge in [-0.3, -0.25) is 0 Å². The minimum atomic E-state index is -0.166. The molecule has 0 bridgehead atoms. The third-order valence-electron chi connectivity index (χ3n) is 2.34. The monoisotopic (exact) mass is 196 g/mol. The van der Waals surface area contributed by atoms with Gasteiger partial charge < -0.3 is 10.2 Å². The summed E-state index contributed by atoms with van der Waals surface area (Å²) in [7, 11) is 1.78. The molecule has 0 unspecified atom stereocenters. The molecule has 1 N–H and O–H groups in total. The molecule has 0 aliphatic heterocycles. The highest BCUT2D eigenvalue weighted by atomic mass is 19.1. The quantitative estimate of drug-likeness (QED) is 0.796. The summed E-state index contributed by atoms with van der Waals surface area (Å²) in [5, 5.41) is 2.91. The first-order valence-electron chi connectivity index (χ1n) is 4.95. The molecule has 2 nitrogen and oxygen atoms in total. The zero-order valence-corrected chi connectivity index (χ0v) is 8.97. The second-order valence-electron chi connectivity index (χ2n) is 3.09. The molecular weight excluding hydrogens is 179 g/mol. The average Bonchev–Trinajstić information content (AvgIpc) is 2.22. The van der Waals surface area contributed by atoms with Crippen LogP contribution >= 0.6 is 0 Å². The maximum atomic E-state index is 13.6. The topological polar surface area (TPSA) is 15.3 Å². The van der Waals surface area contributed by atoms with E-state index in [0.29, 0.717) is 5.69 Å². The van der Waals surface area contributed by atoms with Crippen LogP contribution in [0.4, 0.5) is 15.8 Å². The summed E-state index contributed by atoms with van der Waals surface area (Å²) in [5.74, 6) is -0.166. The van der Waals surface area contributed by atoms with Gasteiger partial charge in [-0.15, -0.1) is 0 Å². The molecule has 0 heterocycles. The summed E-state index contributed by atoms with van der Waals surface area (Å²) >= 11 is 0. The summed E-state index contributed by atoms with van der Waals surface area (Å²) in [6.07, 6.45) is 0. The molecular formula is C11H17FN2. The van der Waals surface area contributed by atoms with Crippen LogP contribution in [0.5, 0.6) is 0 Å². The Labute approximate surface area is 84.7 Å². The van der Waals surface area contributed by atoms with Crippen LogP contribution in [0.15, 0.2) is 18.2 Å². The Balaban J connectivity index is 2.98. The third kappa shape index (κ3) is 2.16. The first-order valence-corrected chi connectivity index (χ1v) is 4.95. The number of halogens is 1. The lowest BCUT2D eigenvalue weighted by atomic mass is 10.2. The molecule has 0 aliphatic carbocycles. The van der Waals surface area contributed by atoms with Crippen molar-refractivity contribution in [3.63, 3.8) is 0 Å². The molecule has 0 aliphatic rings. The van der Waals surface area contributed by atoms with Crippen molar-refractivity contribution >= 4 is 11.4 Å². The van der Waals surface area contributed by atoms with E-state index in [9.17, 15) is 4.39 Å². The Morgan fingerprint density at radius 1 is 1.29 bits per heavy atom. The van der Waals surface area contributed by atoms with E-state index in [1.807, 2.05) is 30.9 Å². The fourth-order valence-electron chi connectivity index (χ4n) is 1.48. The summed E-state index contributed by atoms with van der Waals surface area (Å²) in [6, 6.07) is 5.22. The largest absolute Gasteiger partial charge is 0.388 e. The number of benzene rings is 1. The zero-order valence-electron chi connectivity index (χ0n) is 8.97. The van der Waals surface area contributed by atoms with Gasteiger partial charge in [0.1, 0.15) is 5.82 Å². The molecule has 1 aromatic carbocycles. The summed E-state index contributed by atoms with van der Waals surface area (Å²) in [4.78, 5) is 1.99. The molecule has 0 saturated heterocycles. The Morgan fingerprint density at radius 2 is 1.93 bits per heavy atom. The van der Waals surface area contributed by atoms with Crippen molar-refractivity contribution in [3.05, 3.63) is 24.0 Å². The average molecular weight is 196 g/mol. The van der Waals surface area contributed by atoms with E-state index in [1.165, 1.54) is 6.07 Å². The highest BCUT2D eigenvalue weighted by Gasteiger charge is 2.07. The number of nitrogens with one attached hydrogen (secondary N) is 1. The number of hydrogen-bond donors (Lipinski definition) is 1. The van der Waals surface area contributed by atoms with Gasteiger partial charge in [-0.2, -0.15) is 0 Å². The van der Waals surface area contributed by atoms with Gasteiger partial charge in [-0.25, -0.2) is 4.39 Å². The summed E-state index contributed by atoms with van der Waals surface area (Å²) in [5.41, 5.74) is 1.48. The molecule has 0 fully saturated rings. The van der Waals surface area contributed by atoms with Crippen LogP contribution in [0.25, 0.3) is 0 Å². The van der Waals surface area contributed by atoms with Gasteiger partial charge in [-0.05, 0) is 32.0 Å². The lowest BCUT2D eigenvalue weighted by Crippen LogP contribution is -2.22. The van der Waals surface area contributed by atoms with E-state index >= 15 is 0 Å². The second kappa shape index (κ2) is 4.84. The lowest BCUT2D eigenvalue weighted by Gasteiger charge is -2.21. The van der Waals surface area contributed by atoms with Crippen molar-refractivity contribution in [1.29, 1.82) is 0 Å². The van der Waals surface area contributed by atoms with Gasteiger partial charge in [0.15, 0.2) is 0 Å². The molecule has 1 rings (SSSR count). The van der Waals surface area contributed by atoms with Crippen molar-refractivity contribution in [2.24, 2.45) is 0 Å². The van der Waals surface area contributed by atoms with Gasteiger partial charge in [0, 0.05) is 25.8 Å². The molecule has 0 radical (unpaired) electrons. The Bertz CT molecular complexity index is 295. The minimum absolute atomic E-state index is 0.166. The normalized spacial score (nSPS) is 10.0. The van der Waals surface area contributed by atoms with E-state index < -0.39 is 0 Å². The smallest absolute Gasteiger partial charge is 0.148 e. The minimum Gasteiger partial charge on any atom is -0.388 e. The molecule has 0 amide bonds. The fourth-order valence-corrected chi connectivity index (χ4v) is 1.48. The van der Waals surface area contributed by atoms with Crippen molar-refractivity contribution in [1.82, 2.24) is 0 Å². The Morgan fingerprint density at radius 3 is 2.36 bits per heavy atom. The van der Waals surface area contributed by atoms with Crippen LogP contribution in [0, 0.1) is 5.82 Å². The van der Waals surface area contributed by atoms with Gasteiger partial charge in [0.2, 0.25) is 0 Å². The van der Waals surface area contributed by atoms with Crippen molar-refractivity contribution in [3.8, 4) is 0 Å². The predicted molar refractivity (Wildman–Crippen MR) is 59.5 cm³/mol. The highest BCUT2D eigenvalue weighted by Crippen LogP contribution is 2.22. The summed E-state index contributed by atoms with van der Waals surface area (Å²) < 4.78 is 13.6. The Kier molecular flexibility index (Phi) is 3.74. The van der Waals surface area contributed by atoms with E-state index in [2.05, 4.69) is 5.32 Å². The van der Waals surface area contributed by atoms with E-state index in [4.69, 9.17) is 0 Å². The predicted octanol–water partition coefficient (Wildman–Crippen LogP) is 2.71. The lowest BCUT2D eigenvalue weighted by molar-refractivity contribution is 0.620. The SMILES string of the molecule is CCN(CC)c1ccc(NC)cc1F. The van der Waals surface area contributed by atoms with Crippen LogP contribution in [-0.2, 0) is 0 Å². The maximum absolute atomic E-state index is 13.6. The van der Waals surface area contributed by atoms with Crippen LogP contribution in [0.1, 0.15) is 13.8 Å². The standard InChI is InChI=1S/C11H17FN2/c1-4-14(5-2)11-7-6-9(13-3)8-10(11)12/h6-8,13H,4-5H2,1-3H3. The van der Waals surface area contributed by atoms with E-state index in [-0.39, 0.29) is 5.82 Å². The van der Waals surface area contributed by atoms with Crippen molar-refractivity contribution in [2.45, 2.75) is 13.8 Å². The fraction of sp³-hybridized carbons (Fsp3) is 0.455.